The van der Waals surface area contributed by atoms with E-state index in [2.05, 4.69) is 24.2 Å². The molecule has 11 heavy (non-hydrogen) atoms. The average molecular weight is 154 g/mol. The molecule has 1 atom stereocenters. The van der Waals surface area contributed by atoms with Crippen molar-refractivity contribution in [3.63, 3.8) is 0 Å². The summed E-state index contributed by atoms with van der Waals surface area (Å²) in [6, 6.07) is -0.0263. The molecule has 0 bridgehead atoms. The lowest BCUT2D eigenvalue weighted by atomic mass is 10.1. The number of nitrogens with one attached hydrogen (secondary N) is 2. The Balaban J connectivity index is 2.10. The molecule has 1 aliphatic rings. The molecule has 1 heterocycles. The quantitative estimate of drug-likeness (QED) is 0.584. The Kier molecular flexibility index (Phi) is 3.36. The van der Waals surface area contributed by atoms with E-state index >= 15 is 0 Å². The predicted molar refractivity (Wildman–Crippen MR) is 42.5 cm³/mol. The molecule has 0 aromatic heterocycles. The molecule has 1 rings (SSSR count). The van der Waals surface area contributed by atoms with Gasteiger partial charge >= 0.3 is 0 Å². The molecule has 1 aliphatic heterocycles. The molecular formula is C8H14N2O. The van der Waals surface area contributed by atoms with Crippen LogP contribution in [-0.2, 0) is 4.79 Å². The van der Waals surface area contributed by atoms with Crippen molar-refractivity contribution in [3.8, 4) is 0 Å². The third-order valence-electron chi connectivity index (χ3n) is 1.84. The highest BCUT2D eigenvalue weighted by molar-refractivity contribution is 5.84. The fraction of sp³-hybridized carbons (Fsp3) is 0.750. The zero-order chi connectivity index (χ0) is 8.10. The van der Waals surface area contributed by atoms with E-state index in [9.17, 15) is 4.79 Å². The molecule has 0 saturated carbocycles. The van der Waals surface area contributed by atoms with Crippen LogP contribution < -0.4 is 10.6 Å². The van der Waals surface area contributed by atoms with Crippen molar-refractivity contribution >= 4 is 5.91 Å². The van der Waals surface area contributed by atoms with Crippen LogP contribution in [0.2, 0.25) is 0 Å². The maximum Gasteiger partial charge on any atom is 0.238 e. The van der Waals surface area contributed by atoms with E-state index in [0.717, 1.165) is 12.8 Å². The van der Waals surface area contributed by atoms with Crippen molar-refractivity contribution in [2.24, 2.45) is 0 Å². The maximum atomic E-state index is 10.9. The van der Waals surface area contributed by atoms with Crippen molar-refractivity contribution < 1.29 is 4.79 Å². The van der Waals surface area contributed by atoms with E-state index in [1.54, 1.807) is 0 Å². The van der Waals surface area contributed by atoms with Gasteiger partial charge in [-0.1, -0.05) is 26.2 Å². The molecule has 1 saturated heterocycles. The lowest BCUT2D eigenvalue weighted by Crippen LogP contribution is -2.27. The first-order chi connectivity index (χ1) is 5.34. The predicted octanol–water partition coefficient (Wildman–Crippen LogP) is 0.651. The van der Waals surface area contributed by atoms with E-state index < -0.39 is 0 Å². The standard InChI is InChI=1S/C8H14N2O/c1-2-3-4-5-7-8(11)10-6-9-7/h7,9H,2-5H2,1H3,(H,10,11). The van der Waals surface area contributed by atoms with E-state index in [-0.39, 0.29) is 11.9 Å². The van der Waals surface area contributed by atoms with Crippen LogP contribution in [0.25, 0.3) is 0 Å². The number of carbonyl (C=O) groups is 1. The first-order valence-corrected chi connectivity index (χ1v) is 4.15. The highest BCUT2D eigenvalue weighted by Gasteiger charge is 2.22. The van der Waals surface area contributed by atoms with Crippen molar-refractivity contribution in [1.82, 2.24) is 10.6 Å². The zero-order valence-electron chi connectivity index (χ0n) is 6.81. The Morgan fingerprint density at radius 2 is 2.36 bits per heavy atom. The van der Waals surface area contributed by atoms with Crippen molar-refractivity contribution in [2.75, 3.05) is 0 Å². The second-order valence-corrected chi connectivity index (χ2v) is 2.81. The third-order valence-corrected chi connectivity index (χ3v) is 1.84. The van der Waals surface area contributed by atoms with Crippen LogP contribution in [0.1, 0.15) is 32.6 Å². The van der Waals surface area contributed by atoms with Gasteiger partial charge in [0.2, 0.25) is 5.91 Å². The van der Waals surface area contributed by atoms with Gasteiger partial charge in [-0.2, -0.15) is 0 Å². The number of carbonyl (C=O) groups excluding carboxylic acids is 1. The summed E-state index contributed by atoms with van der Waals surface area (Å²) < 4.78 is 0. The lowest BCUT2D eigenvalue weighted by Gasteiger charge is -2.04. The van der Waals surface area contributed by atoms with Gasteiger partial charge in [-0.3, -0.25) is 10.1 Å². The smallest absolute Gasteiger partial charge is 0.238 e. The first kappa shape index (κ1) is 8.53. The van der Waals surface area contributed by atoms with Crippen LogP contribution in [0.15, 0.2) is 0 Å². The van der Waals surface area contributed by atoms with Gasteiger partial charge < -0.3 is 5.32 Å². The Labute approximate surface area is 67.5 Å². The minimum absolute atomic E-state index is 0.0263. The summed E-state index contributed by atoms with van der Waals surface area (Å²) in [5, 5.41) is 5.35. The molecule has 1 amide bonds. The monoisotopic (exact) mass is 154 g/mol. The normalized spacial score (nSPS) is 23.7. The third kappa shape index (κ3) is 2.50. The van der Waals surface area contributed by atoms with E-state index in [0.29, 0.717) is 0 Å². The highest BCUT2D eigenvalue weighted by atomic mass is 16.2. The molecule has 62 valence electrons. The number of unbranched alkanes of at least 4 members (excludes halogenated alkanes) is 2. The molecule has 2 radical (unpaired) electrons. The lowest BCUT2D eigenvalue weighted by molar-refractivity contribution is -0.120. The summed E-state index contributed by atoms with van der Waals surface area (Å²) >= 11 is 0. The minimum Gasteiger partial charge on any atom is -0.330 e. The molecule has 1 fully saturated rings. The van der Waals surface area contributed by atoms with Gasteiger partial charge in [0.05, 0.1) is 6.04 Å². The van der Waals surface area contributed by atoms with Gasteiger partial charge in [0, 0.05) is 0 Å². The highest BCUT2D eigenvalue weighted by Crippen LogP contribution is 2.06. The molecule has 0 aliphatic carbocycles. The van der Waals surface area contributed by atoms with Gasteiger partial charge in [-0.05, 0) is 6.42 Å². The fourth-order valence-electron chi connectivity index (χ4n) is 1.14. The Morgan fingerprint density at radius 3 is 2.91 bits per heavy atom. The number of hydrogen-bond acceptors (Lipinski definition) is 2. The van der Waals surface area contributed by atoms with E-state index in [1.165, 1.54) is 12.8 Å². The Bertz CT molecular complexity index is 136. The van der Waals surface area contributed by atoms with Crippen LogP contribution >= 0.6 is 0 Å². The SMILES string of the molecule is CCCCCC1N[C]NC1=O. The Hall–Kier alpha value is -0.570. The van der Waals surface area contributed by atoms with Gasteiger partial charge in [-0.25, -0.2) is 0 Å². The fourth-order valence-corrected chi connectivity index (χ4v) is 1.14. The van der Waals surface area contributed by atoms with E-state index in [4.69, 9.17) is 0 Å². The van der Waals surface area contributed by atoms with Gasteiger partial charge in [0.1, 0.15) is 0 Å². The average Bonchev–Trinajstić information content (AvgIpc) is 2.37. The van der Waals surface area contributed by atoms with Gasteiger partial charge in [0.25, 0.3) is 0 Å². The molecule has 0 aromatic carbocycles. The van der Waals surface area contributed by atoms with E-state index in [1.807, 2.05) is 0 Å². The molecule has 3 nitrogen and oxygen atoms in total. The summed E-state index contributed by atoms with van der Waals surface area (Å²) in [5.41, 5.74) is 0. The van der Waals surface area contributed by atoms with Gasteiger partial charge in [0.15, 0.2) is 6.67 Å². The summed E-state index contributed by atoms with van der Waals surface area (Å²) in [7, 11) is 0. The second kappa shape index (κ2) is 4.34. The maximum absolute atomic E-state index is 10.9. The van der Waals surface area contributed by atoms with Crippen molar-refractivity contribution in [2.45, 2.75) is 38.6 Å². The summed E-state index contributed by atoms with van der Waals surface area (Å²) in [6.45, 7) is 4.75. The largest absolute Gasteiger partial charge is 0.330 e. The molecular weight excluding hydrogens is 140 g/mol. The van der Waals surface area contributed by atoms with Crippen LogP contribution in [0.3, 0.4) is 0 Å². The molecule has 3 heteroatoms. The number of rotatable bonds is 4. The molecule has 1 unspecified atom stereocenters. The van der Waals surface area contributed by atoms with Crippen molar-refractivity contribution in [3.05, 3.63) is 6.67 Å². The number of hydrogen-bond donors (Lipinski definition) is 2. The van der Waals surface area contributed by atoms with Crippen LogP contribution in [0, 0.1) is 6.67 Å². The topological polar surface area (TPSA) is 41.1 Å². The van der Waals surface area contributed by atoms with Crippen molar-refractivity contribution in [1.29, 1.82) is 0 Å². The summed E-state index contributed by atoms with van der Waals surface area (Å²) in [4.78, 5) is 10.9. The zero-order valence-corrected chi connectivity index (χ0v) is 6.81. The van der Waals surface area contributed by atoms with Gasteiger partial charge in [-0.15, -0.1) is 0 Å². The molecule has 0 spiro atoms. The second-order valence-electron chi connectivity index (χ2n) is 2.81. The van der Waals surface area contributed by atoms with Crippen LogP contribution in [0.4, 0.5) is 0 Å². The van der Waals surface area contributed by atoms with Crippen LogP contribution in [-0.4, -0.2) is 11.9 Å². The summed E-state index contributed by atoms with van der Waals surface area (Å²) in [6.07, 6.45) is 4.43. The van der Waals surface area contributed by atoms with Crippen LogP contribution in [0.5, 0.6) is 0 Å². The molecule has 0 aromatic rings. The number of amides is 1. The minimum atomic E-state index is -0.0263. The summed E-state index contributed by atoms with van der Waals surface area (Å²) in [5.74, 6) is 0.0566. The Morgan fingerprint density at radius 1 is 1.55 bits per heavy atom. The molecule has 2 N–H and O–H groups in total. The first-order valence-electron chi connectivity index (χ1n) is 4.15.